The molecule has 0 aromatic heterocycles. The molecule has 0 radical (unpaired) electrons. The number of nitrogens with two attached hydrogens (primary N) is 1. The Morgan fingerprint density at radius 2 is 2.10 bits per heavy atom. The Morgan fingerprint density at radius 1 is 1.38 bits per heavy atom. The number of hydrogen-bond acceptors (Lipinski definition) is 5. The lowest BCUT2D eigenvalue weighted by molar-refractivity contribution is -0.134. The van der Waals surface area contributed by atoms with Crippen LogP contribution in [-0.2, 0) is 19.6 Å². The zero-order valence-corrected chi connectivity index (χ0v) is 12.3. The molecule has 1 saturated heterocycles. The molecule has 1 heterocycles. The third-order valence-electron chi connectivity index (χ3n) is 3.23. The third-order valence-corrected chi connectivity index (χ3v) is 4.70. The van der Waals surface area contributed by atoms with Crippen molar-refractivity contribution in [2.75, 3.05) is 0 Å². The Labute approximate surface area is 123 Å². The molecular weight excluding hydrogens is 294 g/mol. The third kappa shape index (κ3) is 3.66. The molecule has 21 heavy (non-hydrogen) atoms. The Hall–Kier alpha value is -1.77. The summed E-state index contributed by atoms with van der Waals surface area (Å²) in [5.41, 5.74) is 6.41. The lowest BCUT2D eigenvalue weighted by Gasteiger charge is -2.21. The highest BCUT2D eigenvalue weighted by Gasteiger charge is 2.30. The van der Waals surface area contributed by atoms with E-state index in [4.69, 9.17) is 5.73 Å². The van der Waals surface area contributed by atoms with E-state index < -0.39 is 27.9 Å². The van der Waals surface area contributed by atoms with Crippen LogP contribution in [-0.4, -0.2) is 26.3 Å². The van der Waals surface area contributed by atoms with Crippen LogP contribution in [0.5, 0.6) is 0 Å². The number of carbonyl (C=O) groups excluding carboxylic acids is 2. The van der Waals surface area contributed by atoms with Crippen molar-refractivity contribution in [1.29, 1.82) is 0 Å². The summed E-state index contributed by atoms with van der Waals surface area (Å²) in [7, 11) is -3.84. The van der Waals surface area contributed by atoms with Crippen LogP contribution in [0, 0.1) is 0 Å². The highest BCUT2D eigenvalue weighted by molar-refractivity contribution is 7.89. The monoisotopic (exact) mass is 311 g/mol. The Kier molecular flexibility index (Phi) is 4.40. The molecule has 2 rings (SSSR count). The van der Waals surface area contributed by atoms with Crippen molar-refractivity contribution in [1.82, 2.24) is 10.0 Å². The summed E-state index contributed by atoms with van der Waals surface area (Å²) in [6.07, 6.45) is 0.260. The number of rotatable bonds is 4. The summed E-state index contributed by atoms with van der Waals surface area (Å²) in [6.45, 7) is 1.75. The normalized spacial score (nSPS) is 21.0. The van der Waals surface area contributed by atoms with Gasteiger partial charge in [-0.25, -0.2) is 8.42 Å². The lowest BCUT2D eigenvalue weighted by Crippen LogP contribution is -2.52. The van der Waals surface area contributed by atoms with Crippen LogP contribution in [0.3, 0.4) is 0 Å². The largest absolute Gasteiger partial charge is 0.324 e. The minimum atomic E-state index is -3.84. The SMILES string of the molecule is CC(N)c1cccc(S(=O)(=O)NC2CCC(=O)NC2=O)c1. The van der Waals surface area contributed by atoms with Gasteiger partial charge in [-0.1, -0.05) is 12.1 Å². The zero-order valence-electron chi connectivity index (χ0n) is 11.5. The van der Waals surface area contributed by atoms with E-state index in [-0.39, 0.29) is 23.8 Å². The van der Waals surface area contributed by atoms with Gasteiger partial charge in [-0.05, 0) is 31.0 Å². The number of hydrogen-bond donors (Lipinski definition) is 3. The first kappa shape index (κ1) is 15.6. The molecule has 2 unspecified atom stereocenters. The predicted molar refractivity (Wildman–Crippen MR) is 75.5 cm³/mol. The second-order valence-electron chi connectivity index (χ2n) is 4.99. The predicted octanol–water partition coefficient (Wildman–Crippen LogP) is -0.210. The highest BCUT2D eigenvalue weighted by Crippen LogP contribution is 2.17. The van der Waals surface area contributed by atoms with Gasteiger partial charge in [-0.15, -0.1) is 0 Å². The van der Waals surface area contributed by atoms with Gasteiger partial charge in [0.1, 0.15) is 6.04 Å². The molecule has 2 atom stereocenters. The summed E-state index contributed by atoms with van der Waals surface area (Å²) >= 11 is 0. The van der Waals surface area contributed by atoms with Crippen molar-refractivity contribution in [3.63, 3.8) is 0 Å². The van der Waals surface area contributed by atoms with Gasteiger partial charge in [-0.3, -0.25) is 14.9 Å². The number of carbonyl (C=O) groups is 2. The maximum atomic E-state index is 12.3. The molecule has 0 saturated carbocycles. The van der Waals surface area contributed by atoms with Crippen molar-refractivity contribution in [2.24, 2.45) is 5.73 Å². The van der Waals surface area contributed by atoms with E-state index in [2.05, 4.69) is 10.0 Å². The van der Waals surface area contributed by atoms with E-state index in [1.807, 2.05) is 0 Å². The Balaban J connectivity index is 2.20. The summed E-state index contributed by atoms with van der Waals surface area (Å²) < 4.78 is 26.9. The fourth-order valence-electron chi connectivity index (χ4n) is 2.03. The number of piperidine rings is 1. The van der Waals surface area contributed by atoms with Crippen molar-refractivity contribution in [3.05, 3.63) is 29.8 Å². The quantitative estimate of drug-likeness (QED) is 0.665. The van der Waals surface area contributed by atoms with E-state index in [1.165, 1.54) is 12.1 Å². The summed E-state index contributed by atoms with van der Waals surface area (Å²) in [5, 5.41) is 2.11. The summed E-state index contributed by atoms with van der Waals surface area (Å²) in [5.74, 6) is -1.02. The fourth-order valence-corrected chi connectivity index (χ4v) is 3.31. The molecule has 2 amide bonds. The van der Waals surface area contributed by atoms with Crippen LogP contribution in [0.15, 0.2) is 29.2 Å². The molecule has 1 fully saturated rings. The van der Waals surface area contributed by atoms with Gasteiger partial charge in [0.2, 0.25) is 21.8 Å². The first-order chi connectivity index (χ1) is 9.79. The van der Waals surface area contributed by atoms with Crippen LogP contribution < -0.4 is 15.8 Å². The number of imide groups is 1. The van der Waals surface area contributed by atoms with Gasteiger partial charge in [0.25, 0.3) is 0 Å². The van der Waals surface area contributed by atoms with Crippen molar-refractivity contribution < 1.29 is 18.0 Å². The molecule has 0 spiro atoms. The van der Waals surface area contributed by atoms with E-state index in [0.29, 0.717) is 5.56 Å². The molecule has 1 aliphatic heterocycles. The van der Waals surface area contributed by atoms with Gasteiger partial charge in [0, 0.05) is 12.5 Å². The molecule has 7 nitrogen and oxygen atoms in total. The van der Waals surface area contributed by atoms with E-state index in [9.17, 15) is 18.0 Å². The maximum absolute atomic E-state index is 12.3. The molecule has 114 valence electrons. The average Bonchev–Trinajstić information content (AvgIpc) is 2.42. The smallest absolute Gasteiger partial charge is 0.244 e. The Bertz CT molecular complexity index is 670. The molecular formula is C13H17N3O4S. The molecule has 8 heteroatoms. The van der Waals surface area contributed by atoms with Crippen LogP contribution in [0.2, 0.25) is 0 Å². The van der Waals surface area contributed by atoms with Crippen LogP contribution in [0.4, 0.5) is 0 Å². The molecule has 0 bridgehead atoms. The van der Waals surface area contributed by atoms with Crippen LogP contribution in [0.1, 0.15) is 31.4 Å². The first-order valence-electron chi connectivity index (χ1n) is 6.51. The second kappa shape index (κ2) is 5.92. The van der Waals surface area contributed by atoms with Crippen LogP contribution in [0.25, 0.3) is 0 Å². The van der Waals surface area contributed by atoms with Crippen molar-refractivity contribution >= 4 is 21.8 Å². The maximum Gasteiger partial charge on any atom is 0.244 e. The topological polar surface area (TPSA) is 118 Å². The van der Waals surface area contributed by atoms with Crippen LogP contribution >= 0.6 is 0 Å². The first-order valence-corrected chi connectivity index (χ1v) is 7.99. The number of benzene rings is 1. The standard InChI is InChI=1S/C13H17N3O4S/c1-8(14)9-3-2-4-10(7-9)21(19,20)16-11-5-6-12(17)15-13(11)18/h2-4,7-8,11,16H,5-6,14H2,1H3,(H,15,17,18). The van der Waals surface area contributed by atoms with E-state index >= 15 is 0 Å². The van der Waals surface area contributed by atoms with Gasteiger partial charge < -0.3 is 5.73 Å². The molecule has 1 aliphatic rings. The average molecular weight is 311 g/mol. The van der Waals surface area contributed by atoms with Crippen molar-refractivity contribution in [2.45, 2.75) is 36.7 Å². The van der Waals surface area contributed by atoms with Gasteiger partial charge in [0.05, 0.1) is 4.90 Å². The van der Waals surface area contributed by atoms with E-state index in [1.54, 1.807) is 19.1 Å². The molecule has 0 aliphatic carbocycles. The van der Waals surface area contributed by atoms with Gasteiger partial charge in [0.15, 0.2) is 0 Å². The van der Waals surface area contributed by atoms with Gasteiger partial charge in [-0.2, -0.15) is 4.72 Å². The number of nitrogens with one attached hydrogen (secondary N) is 2. The Morgan fingerprint density at radius 3 is 2.71 bits per heavy atom. The van der Waals surface area contributed by atoms with Gasteiger partial charge >= 0.3 is 0 Å². The molecule has 4 N–H and O–H groups in total. The molecule has 1 aromatic rings. The van der Waals surface area contributed by atoms with E-state index in [0.717, 1.165) is 0 Å². The number of amides is 2. The lowest BCUT2D eigenvalue weighted by atomic mass is 10.1. The minimum Gasteiger partial charge on any atom is -0.324 e. The van der Waals surface area contributed by atoms with Crippen molar-refractivity contribution in [3.8, 4) is 0 Å². The molecule has 1 aromatic carbocycles. The minimum absolute atomic E-state index is 0.0435. The summed E-state index contributed by atoms with van der Waals surface area (Å²) in [6, 6.07) is 4.99. The second-order valence-corrected chi connectivity index (χ2v) is 6.70. The highest BCUT2D eigenvalue weighted by atomic mass is 32.2. The number of sulfonamides is 1. The fraction of sp³-hybridized carbons (Fsp3) is 0.385. The summed E-state index contributed by atoms with van der Waals surface area (Å²) in [4.78, 5) is 22.7. The zero-order chi connectivity index (χ0) is 15.6.